The number of unbranched alkanes of at least 4 members (excludes halogenated alkanes) is 31. The van der Waals surface area contributed by atoms with Crippen molar-refractivity contribution in [2.24, 2.45) is 0 Å². The fourth-order valence-electron chi connectivity index (χ4n) is 6.85. The molecule has 1 aromatic heterocycles. The summed E-state index contributed by atoms with van der Waals surface area (Å²) in [6, 6.07) is 0. The second kappa shape index (κ2) is 35.3. The monoisotopic (exact) mass is 642 g/mol. The molecule has 3 heteroatoms. The SMILES string of the molecule is CCCCCCCCCCCCCCCCCCc1nc(CCCC)nc(CCCCCCCCCCCCCCCCCC)n1. The van der Waals surface area contributed by atoms with Crippen LogP contribution < -0.4 is 0 Å². The molecule has 0 saturated carbocycles. The zero-order valence-electron chi connectivity index (χ0n) is 32.0. The summed E-state index contributed by atoms with van der Waals surface area (Å²) >= 11 is 0. The minimum atomic E-state index is 1.01. The highest BCUT2D eigenvalue weighted by Crippen LogP contribution is 2.16. The van der Waals surface area contributed by atoms with E-state index < -0.39 is 0 Å². The third-order valence-corrected chi connectivity index (χ3v) is 10.0. The van der Waals surface area contributed by atoms with Crippen LogP contribution >= 0.6 is 0 Å². The van der Waals surface area contributed by atoms with Crippen LogP contribution in [0.5, 0.6) is 0 Å². The van der Waals surface area contributed by atoms with Gasteiger partial charge in [-0.05, 0) is 19.3 Å². The summed E-state index contributed by atoms with van der Waals surface area (Å²) in [5, 5.41) is 0. The van der Waals surface area contributed by atoms with Gasteiger partial charge in [-0.3, -0.25) is 0 Å². The fraction of sp³-hybridized carbons (Fsp3) is 0.930. The van der Waals surface area contributed by atoms with E-state index in [1.165, 1.54) is 218 Å². The highest BCUT2D eigenvalue weighted by atomic mass is 15.0. The van der Waals surface area contributed by atoms with Crippen molar-refractivity contribution < 1.29 is 0 Å². The molecule has 0 fully saturated rings. The van der Waals surface area contributed by atoms with E-state index in [4.69, 9.17) is 15.0 Å². The number of hydrogen-bond acceptors (Lipinski definition) is 3. The third-order valence-electron chi connectivity index (χ3n) is 10.0. The molecule has 3 nitrogen and oxygen atoms in total. The smallest absolute Gasteiger partial charge is 0.132 e. The number of aryl methyl sites for hydroxylation is 3. The summed E-state index contributed by atoms with van der Waals surface area (Å²) in [6.45, 7) is 6.87. The van der Waals surface area contributed by atoms with Gasteiger partial charge in [0.1, 0.15) is 17.5 Å². The van der Waals surface area contributed by atoms with E-state index in [-0.39, 0.29) is 0 Å². The number of nitrogens with zero attached hydrogens (tertiary/aromatic N) is 3. The van der Waals surface area contributed by atoms with E-state index in [9.17, 15) is 0 Å². The van der Waals surface area contributed by atoms with Crippen molar-refractivity contribution >= 4 is 0 Å². The molecular weight excluding hydrogens is 558 g/mol. The Morgan fingerprint density at radius 3 is 0.609 bits per heavy atom. The first-order valence-electron chi connectivity index (χ1n) is 21.5. The lowest BCUT2D eigenvalue weighted by Crippen LogP contribution is -2.08. The van der Waals surface area contributed by atoms with E-state index in [1.54, 1.807) is 0 Å². The minimum Gasteiger partial charge on any atom is -0.218 e. The average molecular weight is 642 g/mol. The first-order chi connectivity index (χ1) is 22.8. The van der Waals surface area contributed by atoms with E-state index in [0.717, 1.165) is 36.7 Å². The van der Waals surface area contributed by atoms with E-state index in [0.29, 0.717) is 0 Å². The van der Waals surface area contributed by atoms with Crippen LogP contribution in [0.25, 0.3) is 0 Å². The quantitative estimate of drug-likeness (QED) is 0.0678. The van der Waals surface area contributed by atoms with Crippen LogP contribution in [0.1, 0.15) is 257 Å². The standard InChI is InChI=1S/C43H83N3/c1-4-7-10-12-14-16-18-20-22-24-26-28-30-32-34-36-39-42-44-41(38-9-6-3)45-43(46-42)40-37-35-33-31-29-27-25-23-21-19-17-15-13-11-8-5-2/h4-40H2,1-3H3. The summed E-state index contributed by atoms with van der Waals surface area (Å²) in [7, 11) is 0. The largest absolute Gasteiger partial charge is 0.218 e. The molecule has 270 valence electrons. The van der Waals surface area contributed by atoms with Gasteiger partial charge in [0.25, 0.3) is 0 Å². The van der Waals surface area contributed by atoms with Gasteiger partial charge in [0.15, 0.2) is 0 Å². The Hall–Kier alpha value is -0.990. The molecule has 1 heterocycles. The van der Waals surface area contributed by atoms with Gasteiger partial charge in [-0.25, -0.2) is 15.0 Å². The van der Waals surface area contributed by atoms with E-state index in [2.05, 4.69) is 20.8 Å². The summed E-state index contributed by atoms with van der Waals surface area (Å²) in [5.74, 6) is 3.19. The van der Waals surface area contributed by atoms with Crippen LogP contribution in [-0.2, 0) is 19.3 Å². The van der Waals surface area contributed by atoms with Gasteiger partial charge in [0.2, 0.25) is 0 Å². The van der Waals surface area contributed by atoms with Crippen LogP contribution in [0.4, 0.5) is 0 Å². The normalized spacial score (nSPS) is 11.5. The van der Waals surface area contributed by atoms with Gasteiger partial charge < -0.3 is 0 Å². The Bertz CT molecular complexity index is 678. The minimum absolute atomic E-state index is 1.01. The topological polar surface area (TPSA) is 38.7 Å². The van der Waals surface area contributed by atoms with Gasteiger partial charge in [-0.2, -0.15) is 0 Å². The molecule has 0 aliphatic heterocycles. The highest BCUT2D eigenvalue weighted by Gasteiger charge is 2.07. The van der Waals surface area contributed by atoms with Gasteiger partial charge in [-0.1, -0.05) is 220 Å². The predicted octanol–water partition coefficient (Wildman–Crippen LogP) is 14.8. The summed E-state index contributed by atoms with van der Waals surface area (Å²) in [4.78, 5) is 14.7. The lowest BCUT2D eigenvalue weighted by atomic mass is 10.0. The molecule has 1 aromatic rings. The maximum atomic E-state index is 4.93. The molecule has 0 amide bonds. The van der Waals surface area contributed by atoms with Crippen molar-refractivity contribution in [3.63, 3.8) is 0 Å². The van der Waals surface area contributed by atoms with E-state index >= 15 is 0 Å². The first-order valence-corrected chi connectivity index (χ1v) is 21.5. The molecule has 0 aliphatic rings. The van der Waals surface area contributed by atoms with Crippen molar-refractivity contribution in [2.45, 2.75) is 258 Å². The molecule has 1 rings (SSSR count). The predicted molar refractivity (Wildman–Crippen MR) is 205 cm³/mol. The molecule has 0 aromatic carbocycles. The molecular formula is C43H83N3. The fourth-order valence-corrected chi connectivity index (χ4v) is 6.85. The maximum Gasteiger partial charge on any atom is 0.132 e. The van der Waals surface area contributed by atoms with Crippen molar-refractivity contribution in [1.82, 2.24) is 15.0 Å². The lowest BCUT2D eigenvalue weighted by Gasteiger charge is -2.08. The maximum absolute atomic E-state index is 4.93. The molecule has 0 saturated heterocycles. The van der Waals surface area contributed by atoms with Gasteiger partial charge in [-0.15, -0.1) is 0 Å². The third kappa shape index (κ3) is 29.2. The molecule has 0 bridgehead atoms. The van der Waals surface area contributed by atoms with Crippen LogP contribution in [0.2, 0.25) is 0 Å². The van der Waals surface area contributed by atoms with Crippen LogP contribution in [0.3, 0.4) is 0 Å². The second-order valence-corrected chi connectivity index (χ2v) is 14.8. The lowest BCUT2D eigenvalue weighted by molar-refractivity contribution is 0.527. The Balaban J connectivity index is 2.06. The summed E-state index contributed by atoms with van der Waals surface area (Å²) < 4.78 is 0. The van der Waals surface area contributed by atoms with E-state index in [1.807, 2.05) is 0 Å². The average Bonchev–Trinajstić information content (AvgIpc) is 3.07. The molecule has 0 spiro atoms. The van der Waals surface area contributed by atoms with Gasteiger partial charge >= 0.3 is 0 Å². The van der Waals surface area contributed by atoms with Crippen LogP contribution in [0, 0.1) is 0 Å². The van der Waals surface area contributed by atoms with Gasteiger partial charge in [0.05, 0.1) is 0 Å². The highest BCUT2D eigenvalue weighted by molar-refractivity contribution is 4.98. The summed E-state index contributed by atoms with van der Waals surface area (Å²) in [6.07, 6.45) is 50.8. The number of aromatic nitrogens is 3. The first kappa shape index (κ1) is 43.0. The number of hydrogen-bond donors (Lipinski definition) is 0. The zero-order chi connectivity index (χ0) is 33.0. The molecule has 0 radical (unpaired) electrons. The van der Waals surface area contributed by atoms with Gasteiger partial charge in [0, 0.05) is 19.3 Å². The molecule has 0 atom stereocenters. The molecule has 46 heavy (non-hydrogen) atoms. The van der Waals surface area contributed by atoms with Crippen molar-refractivity contribution in [3.05, 3.63) is 17.5 Å². The Kier molecular flexibility index (Phi) is 33.0. The van der Waals surface area contributed by atoms with Crippen molar-refractivity contribution in [2.75, 3.05) is 0 Å². The van der Waals surface area contributed by atoms with Crippen molar-refractivity contribution in [3.8, 4) is 0 Å². The Morgan fingerprint density at radius 2 is 0.391 bits per heavy atom. The molecule has 0 N–H and O–H groups in total. The molecule has 0 aliphatic carbocycles. The van der Waals surface area contributed by atoms with Crippen molar-refractivity contribution in [1.29, 1.82) is 0 Å². The Morgan fingerprint density at radius 1 is 0.217 bits per heavy atom. The zero-order valence-corrected chi connectivity index (χ0v) is 32.0. The summed E-state index contributed by atoms with van der Waals surface area (Å²) in [5.41, 5.74) is 0. The number of rotatable bonds is 37. The second-order valence-electron chi connectivity index (χ2n) is 14.8. The van der Waals surface area contributed by atoms with Crippen LogP contribution in [0.15, 0.2) is 0 Å². The molecule has 0 unspecified atom stereocenters. The van der Waals surface area contributed by atoms with Crippen LogP contribution in [-0.4, -0.2) is 15.0 Å². The Labute approximate surface area is 290 Å².